The van der Waals surface area contributed by atoms with Crippen LogP contribution in [0.15, 0.2) is 0 Å². The van der Waals surface area contributed by atoms with Crippen molar-refractivity contribution in [3.05, 3.63) is 0 Å². The van der Waals surface area contributed by atoms with E-state index in [0.717, 1.165) is 25.7 Å². The number of methoxy groups -OCH3 is 1. The first-order valence-electron chi connectivity index (χ1n) is 7.93. The zero-order valence-electron chi connectivity index (χ0n) is 13.4. The number of nitriles is 1. The summed E-state index contributed by atoms with van der Waals surface area (Å²) in [7, 11) is -2.30. The first-order valence-corrected chi connectivity index (χ1v) is 9.32. The first kappa shape index (κ1) is 18.1. The summed E-state index contributed by atoms with van der Waals surface area (Å²) in [4.78, 5) is 11.9. The van der Waals surface area contributed by atoms with E-state index in [9.17, 15) is 13.2 Å². The molecule has 0 bridgehead atoms. The molecular formula is C14H24N4O4S. The number of hydrogen-bond acceptors (Lipinski definition) is 5. The number of carbonyl (C=O) groups excluding carboxylic acids is 1. The van der Waals surface area contributed by atoms with Crippen molar-refractivity contribution in [2.75, 3.05) is 33.4 Å². The van der Waals surface area contributed by atoms with Crippen molar-refractivity contribution in [2.24, 2.45) is 0 Å². The van der Waals surface area contributed by atoms with Gasteiger partial charge in [0.1, 0.15) is 0 Å². The normalized spacial score (nSPS) is 25.7. The number of ether oxygens (including phenoxy) is 1. The maximum atomic E-state index is 13.0. The molecule has 0 aromatic heterocycles. The Kier molecular flexibility index (Phi) is 6.35. The molecule has 0 aromatic carbocycles. The number of carbonyl (C=O) groups is 1. The Morgan fingerprint density at radius 1 is 1.39 bits per heavy atom. The van der Waals surface area contributed by atoms with Gasteiger partial charge in [-0.2, -0.15) is 22.3 Å². The highest BCUT2D eigenvalue weighted by atomic mass is 32.2. The molecule has 2 atom stereocenters. The minimum absolute atomic E-state index is 0.108. The van der Waals surface area contributed by atoms with Gasteiger partial charge in [-0.05, 0) is 12.8 Å². The van der Waals surface area contributed by atoms with Crippen molar-refractivity contribution in [3.63, 3.8) is 0 Å². The van der Waals surface area contributed by atoms with Crippen LogP contribution < -0.4 is 5.32 Å². The van der Waals surface area contributed by atoms with Crippen LogP contribution in [0.5, 0.6) is 0 Å². The second kappa shape index (κ2) is 8.06. The van der Waals surface area contributed by atoms with E-state index in [1.54, 1.807) is 0 Å². The van der Waals surface area contributed by atoms with Crippen LogP contribution in [-0.2, 0) is 19.7 Å². The average Bonchev–Trinajstić information content (AvgIpc) is 2.53. The van der Waals surface area contributed by atoms with Gasteiger partial charge in [-0.15, -0.1) is 0 Å². The van der Waals surface area contributed by atoms with E-state index in [4.69, 9.17) is 10.00 Å². The highest BCUT2D eigenvalue weighted by Gasteiger charge is 2.44. The molecule has 0 spiro atoms. The SMILES string of the molecule is COCCN(CCC#N)S(=O)(=O)N1CC(=O)N[C@@H]2CCCC[C@@H]21. The van der Waals surface area contributed by atoms with Crippen molar-refractivity contribution < 1.29 is 17.9 Å². The molecule has 1 saturated heterocycles. The van der Waals surface area contributed by atoms with Crippen molar-refractivity contribution in [1.29, 1.82) is 5.26 Å². The topological polar surface area (TPSA) is 103 Å². The average molecular weight is 344 g/mol. The number of nitrogens with zero attached hydrogens (tertiary/aromatic N) is 3. The number of nitrogens with one attached hydrogen (secondary N) is 1. The van der Waals surface area contributed by atoms with E-state index in [-0.39, 0.29) is 50.7 Å². The van der Waals surface area contributed by atoms with Crippen LogP contribution in [-0.4, -0.2) is 68.4 Å². The Morgan fingerprint density at radius 2 is 2.13 bits per heavy atom. The molecule has 0 aromatic rings. The fourth-order valence-electron chi connectivity index (χ4n) is 3.25. The highest BCUT2D eigenvalue weighted by molar-refractivity contribution is 7.86. The summed E-state index contributed by atoms with van der Waals surface area (Å²) in [6.45, 7) is 0.381. The Bertz CT molecular complexity index is 560. The molecule has 2 fully saturated rings. The molecule has 2 aliphatic rings. The van der Waals surface area contributed by atoms with Gasteiger partial charge in [0.25, 0.3) is 10.2 Å². The largest absolute Gasteiger partial charge is 0.383 e. The fraction of sp³-hybridized carbons (Fsp3) is 0.857. The molecule has 1 aliphatic heterocycles. The van der Waals surface area contributed by atoms with Crippen LogP contribution in [0.4, 0.5) is 0 Å². The Morgan fingerprint density at radius 3 is 2.83 bits per heavy atom. The maximum absolute atomic E-state index is 13.0. The Balaban J connectivity index is 2.22. The molecule has 130 valence electrons. The summed E-state index contributed by atoms with van der Waals surface area (Å²) in [5, 5.41) is 11.7. The lowest BCUT2D eigenvalue weighted by atomic mass is 9.89. The van der Waals surface area contributed by atoms with Gasteiger partial charge in [0.05, 0.1) is 19.2 Å². The molecule has 8 nitrogen and oxygen atoms in total. The van der Waals surface area contributed by atoms with Gasteiger partial charge in [-0.25, -0.2) is 0 Å². The van der Waals surface area contributed by atoms with E-state index in [1.165, 1.54) is 15.7 Å². The lowest BCUT2D eigenvalue weighted by molar-refractivity contribution is -0.125. The van der Waals surface area contributed by atoms with E-state index in [0.29, 0.717) is 0 Å². The van der Waals surface area contributed by atoms with Crippen LogP contribution >= 0.6 is 0 Å². The molecule has 1 saturated carbocycles. The lowest BCUT2D eigenvalue weighted by Gasteiger charge is -2.44. The molecular weight excluding hydrogens is 320 g/mol. The number of fused-ring (bicyclic) bond motifs is 1. The third-order valence-corrected chi connectivity index (χ3v) is 6.40. The second-order valence-corrected chi connectivity index (χ2v) is 7.76. The summed E-state index contributed by atoms with van der Waals surface area (Å²) in [5.74, 6) is -0.260. The Labute approximate surface area is 137 Å². The fourth-order valence-corrected chi connectivity index (χ4v) is 5.05. The smallest absolute Gasteiger partial charge is 0.282 e. The molecule has 1 N–H and O–H groups in total. The van der Waals surface area contributed by atoms with Crippen molar-refractivity contribution in [2.45, 2.75) is 44.2 Å². The predicted octanol–water partition coefficient (Wildman–Crippen LogP) is -0.164. The standard InChI is InChI=1S/C14H24N4O4S/c1-22-10-9-17(8-4-7-15)23(20,21)18-11-14(19)16-12-5-2-3-6-13(12)18/h12-13H,2-6,8-11H2,1H3,(H,16,19)/t12-,13+/m1/s1. The van der Waals surface area contributed by atoms with Crippen LogP contribution in [0.1, 0.15) is 32.1 Å². The maximum Gasteiger partial charge on any atom is 0.282 e. The summed E-state index contributed by atoms with van der Waals surface area (Å²) in [5.41, 5.74) is 0. The molecule has 1 aliphatic carbocycles. The molecule has 2 rings (SSSR count). The van der Waals surface area contributed by atoms with Crippen molar-refractivity contribution in [1.82, 2.24) is 13.9 Å². The third-order valence-electron chi connectivity index (χ3n) is 4.39. The van der Waals surface area contributed by atoms with Crippen LogP contribution in [0.2, 0.25) is 0 Å². The van der Waals surface area contributed by atoms with Gasteiger partial charge in [0.2, 0.25) is 5.91 Å². The first-order chi connectivity index (χ1) is 11.0. The summed E-state index contributed by atoms with van der Waals surface area (Å²) < 4.78 is 33.6. The van der Waals surface area contributed by atoms with Crippen LogP contribution in [0.3, 0.4) is 0 Å². The third kappa shape index (κ3) is 4.20. The van der Waals surface area contributed by atoms with E-state index in [1.807, 2.05) is 6.07 Å². The van der Waals surface area contributed by atoms with Crippen LogP contribution in [0.25, 0.3) is 0 Å². The number of piperazine rings is 1. The predicted molar refractivity (Wildman–Crippen MR) is 83.5 cm³/mol. The quantitative estimate of drug-likeness (QED) is 0.691. The van der Waals surface area contributed by atoms with Gasteiger partial charge in [0.15, 0.2) is 0 Å². The Hall–Kier alpha value is -1.21. The van der Waals surface area contributed by atoms with Crippen LogP contribution in [0, 0.1) is 11.3 Å². The van der Waals surface area contributed by atoms with Gasteiger partial charge >= 0.3 is 0 Å². The van der Waals surface area contributed by atoms with Crippen molar-refractivity contribution in [3.8, 4) is 6.07 Å². The monoisotopic (exact) mass is 344 g/mol. The van der Waals surface area contributed by atoms with Gasteiger partial charge in [-0.3, -0.25) is 4.79 Å². The number of rotatable bonds is 7. The molecule has 1 heterocycles. The minimum Gasteiger partial charge on any atom is -0.383 e. The van der Waals surface area contributed by atoms with E-state index >= 15 is 0 Å². The molecule has 1 amide bonds. The summed E-state index contributed by atoms with van der Waals surface area (Å²) in [6.07, 6.45) is 3.62. The zero-order valence-corrected chi connectivity index (χ0v) is 14.2. The molecule has 0 unspecified atom stereocenters. The van der Waals surface area contributed by atoms with E-state index in [2.05, 4.69) is 5.32 Å². The number of hydrogen-bond donors (Lipinski definition) is 1. The minimum atomic E-state index is -3.80. The summed E-state index contributed by atoms with van der Waals surface area (Å²) >= 11 is 0. The van der Waals surface area contributed by atoms with Crippen molar-refractivity contribution >= 4 is 16.1 Å². The number of amides is 1. The zero-order chi connectivity index (χ0) is 16.9. The lowest BCUT2D eigenvalue weighted by Crippen LogP contribution is -2.64. The van der Waals surface area contributed by atoms with E-state index < -0.39 is 10.2 Å². The van der Waals surface area contributed by atoms with Gasteiger partial charge in [0, 0.05) is 38.7 Å². The second-order valence-electron chi connectivity index (χ2n) is 5.88. The van der Waals surface area contributed by atoms with Gasteiger partial charge < -0.3 is 10.1 Å². The highest BCUT2D eigenvalue weighted by Crippen LogP contribution is 2.28. The van der Waals surface area contributed by atoms with Gasteiger partial charge in [-0.1, -0.05) is 12.8 Å². The molecule has 23 heavy (non-hydrogen) atoms. The molecule has 9 heteroatoms. The summed E-state index contributed by atoms with van der Waals surface area (Å²) in [6, 6.07) is 1.66. The molecule has 0 radical (unpaired) electrons.